The van der Waals surface area contributed by atoms with Gasteiger partial charge in [-0.3, -0.25) is 0 Å². The minimum atomic E-state index is -3.09. The van der Waals surface area contributed by atoms with Gasteiger partial charge in [0.05, 0.1) is 0 Å². The first kappa shape index (κ1) is 16.6. The Morgan fingerprint density at radius 2 is 2.14 bits per heavy atom. The maximum Gasteiger partial charge on any atom is 0.171 e. The zero-order chi connectivity index (χ0) is 15.5. The molecule has 0 bridgehead atoms. The van der Waals surface area contributed by atoms with Crippen molar-refractivity contribution in [3.05, 3.63) is 29.8 Å². The molecular weight excluding hydrogens is 304 g/mol. The molecule has 2 N–H and O–H groups in total. The summed E-state index contributed by atoms with van der Waals surface area (Å²) in [5.74, 6) is 1.79. The van der Waals surface area contributed by atoms with Crippen LogP contribution >= 0.6 is 11.8 Å². The quantitative estimate of drug-likeness (QED) is 0.894. The van der Waals surface area contributed by atoms with Crippen LogP contribution in [-0.2, 0) is 16.3 Å². The summed E-state index contributed by atoms with van der Waals surface area (Å²) < 4.78 is 24.8. The summed E-state index contributed by atoms with van der Waals surface area (Å²) in [5, 5.41) is -0.421. The van der Waals surface area contributed by atoms with Crippen molar-refractivity contribution in [2.24, 2.45) is 5.73 Å². The van der Waals surface area contributed by atoms with Crippen molar-refractivity contribution in [2.45, 2.75) is 31.7 Å². The Balaban J connectivity index is 2.38. The van der Waals surface area contributed by atoms with E-state index in [1.54, 1.807) is 18.7 Å². The molecule has 1 aliphatic rings. The summed E-state index contributed by atoms with van der Waals surface area (Å²) in [7, 11) is -3.09. The molecule has 0 radical (unpaired) electrons. The Morgan fingerprint density at radius 3 is 2.81 bits per heavy atom. The van der Waals surface area contributed by atoms with E-state index in [4.69, 9.17) is 5.73 Å². The monoisotopic (exact) mass is 328 g/mol. The van der Waals surface area contributed by atoms with Crippen molar-refractivity contribution in [3.8, 4) is 0 Å². The molecule has 1 heterocycles. The zero-order valence-corrected chi connectivity index (χ0v) is 14.3. The highest BCUT2D eigenvalue weighted by atomic mass is 32.2. The molecule has 2 rings (SSSR count). The summed E-state index contributed by atoms with van der Waals surface area (Å²) in [5.41, 5.74) is 8.09. The number of thioether (sulfide) groups is 1. The SMILES string of the molecule is CCS(=O)(=O)C1CSCCN1c1ccccc1CC(C)N. The average molecular weight is 329 g/mol. The van der Waals surface area contributed by atoms with Gasteiger partial charge in [0.15, 0.2) is 9.84 Å². The van der Waals surface area contributed by atoms with Crippen LogP contribution in [0, 0.1) is 0 Å². The third-order valence-corrected chi connectivity index (χ3v) is 7.03. The molecule has 1 aromatic rings. The Bertz CT molecular complexity index is 573. The van der Waals surface area contributed by atoms with Gasteiger partial charge in [0, 0.05) is 35.5 Å². The Hall–Kier alpha value is -0.720. The topological polar surface area (TPSA) is 63.4 Å². The molecule has 21 heavy (non-hydrogen) atoms. The van der Waals surface area contributed by atoms with Gasteiger partial charge >= 0.3 is 0 Å². The summed E-state index contributed by atoms with van der Waals surface area (Å²) in [6.45, 7) is 4.47. The largest absolute Gasteiger partial charge is 0.353 e. The summed E-state index contributed by atoms with van der Waals surface area (Å²) in [6, 6.07) is 8.09. The van der Waals surface area contributed by atoms with Crippen molar-refractivity contribution in [1.29, 1.82) is 0 Å². The number of anilines is 1. The molecular formula is C15H24N2O2S2. The number of nitrogens with two attached hydrogens (primary N) is 1. The number of benzene rings is 1. The van der Waals surface area contributed by atoms with Gasteiger partial charge < -0.3 is 10.6 Å². The highest BCUT2D eigenvalue weighted by molar-refractivity contribution is 8.01. The van der Waals surface area contributed by atoms with Crippen LogP contribution in [0.25, 0.3) is 0 Å². The standard InChI is InChI=1S/C15H24N2O2S2/c1-3-21(18,19)15-11-20-9-8-17(15)14-7-5-4-6-13(14)10-12(2)16/h4-7,12,15H,3,8-11,16H2,1-2H3. The van der Waals surface area contributed by atoms with Gasteiger partial charge in [-0.15, -0.1) is 0 Å². The molecule has 0 amide bonds. The van der Waals surface area contributed by atoms with Gasteiger partial charge in [0.1, 0.15) is 5.37 Å². The number of nitrogens with zero attached hydrogens (tertiary/aromatic N) is 1. The van der Waals surface area contributed by atoms with Gasteiger partial charge in [0.2, 0.25) is 0 Å². The third kappa shape index (κ3) is 3.93. The second-order valence-electron chi connectivity index (χ2n) is 5.48. The number of sulfone groups is 1. The lowest BCUT2D eigenvalue weighted by Gasteiger charge is -2.37. The second-order valence-corrected chi connectivity index (χ2v) is 9.08. The molecule has 1 fully saturated rings. The highest BCUT2D eigenvalue weighted by Crippen LogP contribution is 2.30. The number of hydrogen-bond acceptors (Lipinski definition) is 5. The number of rotatable bonds is 5. The molecule has 2 atom stereocenters. The molecule has 0 spiro atoms. The van der Waals surface area contributed by atoms with Crippen molar-refractivity contribution in [1.82, 2.24) is 0 Å². The normalized spacial score (nSPS) is 21.3. The highest BCUT2D eigenvalue weighted by Gasteiger charge is 2.33. The molecule has 1 aliphatic heterocycles. The molecule has 0 aromatic heterocycles. The van der Waals surface area contributed by atoms with Gasteiger partial charge in [-0.2, -0.15) is 11.8 Å². The van der Waals surface area contributed by atoms with E-state index < -0.39 is 15.2 Å². The fraction of sp³-hybridized carbons (Fsp3) is 0.600. The molecule has 0 aliphatic carbocycles. The van der Waals surface area contributed by atoms with Crippen LogP contribution in [0.4, 0.5) is 5.69 Å². The lowest BCUT2D eigenvalue weighted by Crippen LogP contribution is -2.48. The van der Waals surface area contributed by atoms with E-state index in [2.05, 4.69) is 11.0 Å². The van der Waals surface area contributed by atoms with Gasteiger partial charge in [-0.1, -0.05) is 25.1 Å². The van der Waals surface area contributed by atoms with Crippen LogP contribution in [0.1, 0.15) is 19.4 Å². The Labute approximate surface area is 132 Å². The van der Waals surface area contributed by atoms with Gasteiger partial charge in [0.25, 0.3) is 0 Å². The molecule has 4 nitrogen and oxygen atoms in total. The molecule has 6 heteroatoms. The van der Waals surface area contributed by atoms with Crippen LogP contribution in [0.2, 0.25) is 0 Å². The molecule has 0 saturated carbocycles. The van der Waals surface area contributed by atoms with Gasteiger partial charge in [-0.05, 0) is 25.0 Å². The van der Waals surface area contributed by atoms with Crippen LogP contribution in [0.5, 0.6) is 0 Å². The molecule has 118 valence electrons. The fourth-order valence-corrected chi connectivity index (χ4v) is 5.64. The van der Waals surface area contributed by atoms with E-state index in [0.29, 0.717) is 5.75 Å². The zero-order valence-electron chi connectivity index (χ0n) is 12.7. The maximum atomic E-state index is 12.4. The number of para-hydroxylation sites is 1. The predicted molar refractivity (Wildman–Crippen MR) is 91.7 cm³/mol. The summed E-state index contributed by atoms with van der Waals surface area (Å²) in [4.78, 5) is 2.06. The van der Waals surface area contributed by atoms with Crippen LogP contribution < -0.4 is 10.6 Å². The first-order chi connectivity index (χ1) is 9.95. The first-order valence-corrected chi connectivity index (χ1v) is 10.2. The minimum Gasteiger partial charge on any atom is -0.353 e. The molecule has 1 saturated heterocycles. The van der Waals surface area contributed by atoms with E-state index >= 15 is 0 Å². The lowest BCUT2D eigenvalue weighted by molar-refractivity contribution is 0.579. The summed E-state index contributed by atoms with van der Waals surface area (Å²) >= 11 is 1.72. The van der Waals surface area contributed by atoms with E-state index in [9.17, 15) is 8.42 Å². The van der Waals surface area contributed by atoms with Crippen molar-refractivity contribution < 1.29 is 8.42 Å². The second kappa shape index (κ2) is 7.03. The predicted octanol–water partition coefficient (Wildman–Crippen LogP) is 1.89. The van der Waals surface area contributed by atoms with E-state index in [1.807, 2.05) is 25.1 Å². The van der Waals surface area contributed by atoms with Crippen molar-refractivity contribution in [2.75, 3.05) is 28.7 Å². The molecule has 2 unspecified atom stereocenters. The Morgan fingerprint density at radius 1 is 1.43 bits per heavy atom. The average Bonchev–Trinajstić information content (AvgIpc) is 2.47. The van der Waals surface area contributed by atoms with E-state index in [0.717, 1.165) is 30.0 Å². The van der Waals surface area contributed by atoms with Crippen molar-refractivity contribution in [3.63, 3.8) is 0 Å². The smallest absolute Gasteiger partial charge is 0.171 e. The van der Waals surface area contributed by atoms with Crippen LogP contribution in [0.15, 0.2) is 24.3 Å². The van der Waals surface area contributed by atoms with Crippen molar-refractivity contribution >= 4 is 27.3 Å². The minimum absolute atomic E-state index is 0.0616. The van der Waals surface area contributed by atoms with E-state index in [-0.39, 0.29) is 11.8 Å². The van der Waals surface area contributed by atoms with Crippen LogP contribution in [0.3, 0.4) is 0 Å². The first-order valence-electron chi connectivity index (χ1n) is 7.35. The van der Waals surface area contributed by atoms with E-state index in [1.165, 1.54) is 0 Å². The Kier molecular flexibility index (Phi) is 5.57. The van der Waals surface area contributed by atoms with Crippen LogP contribution in [-0.4, -0.2) is 43.6 Å². The summed E-state index contributed by atoms with van der Waals surface area (Å²) in [6.07, 6.45) is 0.763. The maximum absolute atomic E-state index is 12.4. The number of hydrogen-bond donors (Lipinski definition) is 1. The molecule has 1 aromatic carbocycles. The lowest BCUT2D eigenvalue weighted by atomic mass is 10.0. The fourth-order valence-electron chi connectivity index (χ4n) is 2.66. The van der Waals surface area contributed by atoms with Gasteiger partial charge in [-0.25, -0.2) is 8.42 Å². The third-order valence-electron chi connectivity index (χ3n) is 3.74.